The zero-order chi connectivity index (χ0) is 20.0. The molecule has 3 fully saturated rings. The monoisotopic (exact) mass is 395 g/mol. The Morgan fingerprint density at radius 2 is 1.69 bits per heavy atom. The molecule has 3 heterocycles. The summed E-state index contributed by atoms with van der Waals surface area (Å²) < 4.78 is 0. The first-order chi connectivity index (χ1) is 14.1. The third-order valence-electron chi connectivity index (χ3n) is 7.13. The SMILES string of the molecule is O=C([C@@H]1CC(=O)N(c2ccc3c(c2)CCN3C(=O)C2CCC2)C1)N1CCCCC1. The van der Waals surface area contributed by atoms with Crippen molar-refractivity contribution in [1.29, 1.82) is 0 Å². The minimum atomic E-state index is -0.231. The molecule has 0 bridgehead atoms. The molecule has 29 heavy (non-hydrogen) atoms. The highest BCUT2D eigenvalue weighted by atomic mass is 16.2. The van der Waals surface area contributed by atoms with Crippen molar-refractivity contribution < 1.29 is 14.4 Å². The molecule has 4 aliphatic rings. The molecular formula is C23H29N3O3. The van der Waals surface area contributed by atoms with Crippen LogP contribution in [0.5, 0.6) is 0 Å². The van der Waals surface area contributed by atoms with Crippen molar-refractivity contribution in [2.45, 2.75) is 51.4 Å². The maximum atomic E-state index is 12.8. The minimum absolute atomic E-state index is 0.0284. The Kier molecular flexibility index (Phi) is 4.80. The molecule has 1 saturated carbocycles. The van der Waals surface area contributed by atoms with Gasteiger partial charge in [0.1, 0.15) is 0 Å². The lowest BCUT2D eigenvalue weighted by Crippen LogP contribution is -2.40. The Morgan fingerprint density at radius 3 is 2.41 bits per heavy atom. The molecule has 5 rings (SSSR count). The Hall–Kier alpha value is -2.37. The highest BCUT2D eigenvalue weighted by Gasteiger charge is 2.38. The molecule has 0 spiro atoms. The van der Waals surface area contributed by atoms with Gasteiger partial charge in [0.15, 0.2) is 0 Å². The van der Waals surface area contributed by atoms with Crippen molar-refractivity contribution in [3.63, 3.8) is 0 Å². The first kappa shape index (κ1) is 18.6. The fourth-order valence-electron chi connectivity index (χ4n) is 5.16. The predicted molar refractivity (Wildman–Crippen MR) is 111 cm³/mol. The van der Waals surface area contributed by atoms with Gasteiger partial charge in [-0.3, -0.25) is 14.4 Å². The summed E-state index contributed by atoms with van der Waals surface area (Å²) in [6, 6.07) is 5.98. The van der Waals surface area contributed by atoms with Crippen LogP contribution < -0.4 is 9.80 Å². The van der Waals surface area contributed by atoms with Crippen LogP contribution in [0.4, 0.5) is 11.4 Å². The number of amides is 3. The van der Waals surface area contributed by atoms with Gasteiger partial charge in [-0.1, -0.05) is 6.42 Å². The molecule has 0 radical (unpaired) electrons. The van der Waals surface area contributed by atoms with Gasteiger partial charge >= 0.3 is 0 Å². The van der Waals surface area contributed by atoms with Crippen LogP contribution in [0.3, 0.4) is 0 Å². The standard InChI is InChI=1S/C23H29N3O3/c27-21-14-18(22(28)24-10-2-1-3-11-24)15-26(21)19-7-8-20-17(13-19)9-12-25(20)23(29)16-5-4-6-16/h7-8,13,16,18H,1-6,9-12,14-15H2/t18-/m1/s1. The minimum Gasteiger partial charge on any atom is -0.342 e. The summed E-state index contributed by atoms with van der Waals surface area (Å²) in [6.07, 6.45) is 7.64. The maximum absolute atomic E-state index is 12.8. The average Bonchev–Trinajstić information content (AvgIpc) is 3.29. The van der Waals surface area contributed by atoms with Gasteiger partial charge in [-0.25, -0.2) is 0 Å². The normalized spacial score (nSPS) is 24.6. The van der Waals surface area contributed by atoms with Gasteiger partial charge in [-0.15, -0.1) is 0 Å². The van der Waals surface area contributed by atoms with Crippen molar-refractivity contribution in [2.24, 2.45) is 11.8 Å². The van der Waals surface area contributed by atoms with E-state index in [-0.39, 0.29) is 29.6 Å². The number of likely N-dealkylation sites (tertiary alicyclic amines) is 1. The molecule has 0 N–H and O–H groups in total. The number of benzene rings is 1. The van der Waals surface area contributed by atoms with Gasteiger partial charge in [0.25, 0.3) is 0 Å². The second-order valence-corrected chi connectivity index (χ2v) is 8.97. The number of nitrogens with zero attached hydrogens (tertiary/aromatic N) is 3. The summed E-state index contributed by atoms with van der Waals surface area (Å²) >= 11 is 0. The highest BCUT2D eigenvalue weighted by molar-refractivity contribution is 6.01. The zero-order valence-corrected chi connectivity index (χ0v) is 16.9. The number of carbonyl (C=O) groups excluding carboxylic acids is 3. The van der Waals surface area contributed by atoms with Crippen LogP contribution >= 0.6 is 0 Å². The smallest absolute Gasteiger partial charge is 0.230 e. The highest BCUT2D eigenvalue weighted by Crippen LogP contribution is 2.37. The van der Waals surface area contributed by atoms with Crippen LogP contribution in [0.1, 0.15) is 50.5 Å². The predicted octanol–water partition coefficient (Wildman–Crippen LogP) is 2.74. The maximum Gasteiger partial charge on any atom is 0.230 e. The lowest BCUT2D eigenvalue weighted by atomic mass is 9.84. The van der Waals surface area contributed by atoms with E-state index in [1.807, 2.05) is 21.9 Å². The van der Waals surface area contributed by atoms with Gasteiger partial charge in [0.2, 0.25) is 17.7 Å². The largest absolute Gasteiger partial charge is 0.342 e. The van der Waals surface area contributed by atoms with Crippen LogP contribution in [0.25, 0.3) is 0 Å². The quantitative estimate of drug-likeness (QED) is 0.791. The molecule has 6 heteroatoms. The molecule has 0 aromatic heterocycles. The van der Waals surface area contributed by atoms with Crippen LogP contribution in [-0.2, 0) is 20.8 Å². The van der Waals surface area contributed by atoms with E-state index in [1.54, 1.807) is 4.90 Å². The van der Waals surface area contributed by atoms with Crippen molar-refractivity contribution >= 4 is 29.1 Å². The van der Waals surface area contributed by atoms with E-state index in [9.17, 15) is 14.4 Å². The van der Waals surface area contributed by atoms with E-state index in [0.717, 1.165) is 75.1 Å². The summed E-state index contributed by atoms with van der Waals surface area (Å²) in [5.41, 5.74) is 2.99. The van der Waals surface area contributed by atoms with E-state index in [1.165, 1.54) is 6.42 Å². The third-order valence-corrected chi connectivity index (χ3v) is 7.13. The fourth-order valence-corrected chi connectivity index (χ4v) is 5.16. The van der Waals surface area contributed by atoms with E-state index in [2.05, 4.69) is 6.07 Å². The summed E-state index contributed by atoms with van der Waals surface area (Å²) in [6.45, 7) is 2.86. The molecule has 3 amide bonds. The molecule has 1 atom stereocenters. The third kappa shape index (κ3) is 3.32. The summed E-state index contributed by atoms with van der Waals surface area (Å²) in [5, 5.41) is 0. The molecule has 3 aliphatic heterocycles. The van der Waals surface area contributed by atoms with Crippen LogP contribution in [0.15, 0.2) is 18.2 Å². The van der Waals surface area contributed by atoms with Crippen molar-refractivity contribution in [1.82, 2.24) is 4.90 Å². The Labute approximate surface area is 171 Å². The van der Waals surface area contributed by atoms with Gasteiger partial charge in [0, 0.05) is 49.9 Å². The molecule has 6 nitrogen and oxygen atoms in total. The molecule has 1 aromatic rings. The molecule has 2 saturated heterocycles. The first-order valence-electron chi connectivity index (χ1n) is 11.2. The van der Waals surface area contributed by atoms with E-state index in [0.29, 0.717) is 13.0 Å². The molecule has 0 unspecified atom stereocenters. The number of fused-ring (bicyclic) bond motifs is 1. The molecule has 1 aromatic carbocycles. The average molecular weight is 396 g/mol. The molecular weight excluding hydrogens is 366 g/mol. The van der Waals surface area contributed by atoms with Crippen molar-refractivity contribution in [2.75, 3.05) is 36.0 Å². The molecule has 154 valence electrons. The number of anilines is 2. The zero-order valence-electron chi connectivity index (χ0n) is 16.9. The summed E-state index contributed by atoms with van der Waals surface area (Å²) in [4.78, 5) is 43.8. The lowest BCUT2D eigenvalue weighted by Gasteiger charge is -2.29. The number of piperidine rings is 1. The van der Waals surface area contributed by atoms with Crippen molar-refractivity contribution in [3.8, 4) is 0 Å². The van der Waals surface area contributed by atoms with Gasteiger partial charge in [-0.05, 0) is 62.3 Å². The second kappa shape index (κ2) is 7.47. The lowest BCUT2D eigenvalue weighted by molar-refractivity contribution is -0.136. The number of hydrogen-bond donors (Lipinski definition) is 0. The Morgan fingerprint density at radius 1 is 0.897 bits per heavy atom. The van der Waals surface area contributed by atoms with Crippen LogP contribution in [0.2, 0.25) is 0 Å². The second-order valence-electron chi connectivity index (χ2n) is 8.97. The first-order valence-corrected chi connectivity index (χ1v) is 11.2. The van der Waals surface area contributed by atoms with Gasteiger partial charge in [0.05, 0.1) is 5.92 Å². The number of rotatable bonds is 3. The Balaban J connectivity index is 1.29. The van der Waals surface area contributed by atoms with Crippen LogP contribution in [0, 0.1) is 11.8 Å². The van der Waals surface area contributed by atoms with E-state index in [4.69, 9.17) is 0 Å². The summed E-state index contributed by atoms with van der Waals surface area (Å²) in [5.74, 6) is 0.389. The number of hydrogen-bond acceptors (Lipinski definition) is 3. The van der Waals surface area contributed by atoms with E-state index >= 15 is 0 Å². The van der Waals surface area contributed by atoms with Gasteiger partial charge in [-0.2, -0.15) is 0 Å². The van der Waals surface area contributed by atoms with Crippen molar-refractivity contribution in [3.05, 3.63) is 23.8 Å². The topological polar surface area (TPSA) is 60.9 Å². The number of carbonyl (C=O) groups is 3. The molecule has 1 aliphatic carbocycles. The van der Waals surface area contributed by atoms with Gasteiger partial charge < -0.3 is 14.7 Å². The fraction of sp³-hybridized carbons (Fsp3) is 0.609. The summed E-state index contributed by atoms with van der Waals surface area (Å²) in [7, 11) is 0. The van der Waals surface area contributed by atoms with E-state index < -0.39 is 0 Å². The van der Waals surface area contributed by atoms with Crippen LogP contribution in [-0.4, -0.2) is 48.8 Å². The Bertz CT molecular complexity index is 842.